The molecule has 0 atom stereocenters. The van der Waals surface area contributed by atoms with Gasteiger partial charge in [0.1, 0.15) is 0 Å². The van der Waals surface area contributed by atoms with Gasteiger partial charge in [0.15, 0.2) is 0 Å². The Hall–Kier alpha value is 1.40. The molecule has 0 saturated heterocycles. The third-order valence-corrected chi connectivity index (χ3v) is 31.1. The van der Waals surface area contributed by atoms with Crippen molar-refractivity contribution in [3.8, 4) is 0 Å². The van der Waals surface area contributed by atoms with Crippen molar-refractivity contribution in [2.45, 2.75) is 333 Å². The zero-order chi connectivity index (χ0) is 58.9. The maximum absolute atomic E-state index is 3.36. The van der Waals surface area contributed by atoms with E-state index in [0.29, 0.717) is 5.40 Å². The summed E-state index contributed by atoms with van der Waals surface area (Å²) in [5.41, 5.74) is 0. The highest BCUT2D eigenvalue weighted by Crippen LogP contribution is 2.84. The standard InChI is InChI=1S/C67H148N8P4/c1-18-34-50-68(51-35-19-2)76(69(52-36-20-3)53-37-21-4)66(77(70(54-38-22-5)55-39-23-6)71(56-40-24-7)57-41-25-8)67(17,78(72(58-42-26-9)59-43-27-10)73(60-44-28-11)61-45-29-12)79(74(62-46-30-13)63-47-31-14)75(64-48-32-15)65-49-33-16/h66H,18-65H2,1-17H3. The van der Waals surface area contributed by atoms with Crippen LogP contribution in [0.4, 0.5) is 0 Å². The first-order chi connectivity index (χ1) is 38.5. The highest BCUT2D eigenvalue weighted by molar-refractivity contribution is 7.80. The Morgan fingerprint density at radius 1 is 0.203 bits per heavy atom. The topological polar surface area (TPSA) is 25.9 Å². The lowest BCUT2D eigenvalue weighted by molar-refractivity contribution is 0.322. The minimum atomic E-state index is -0.812. The zero-order valence-corrected chi connectivity index (χ0v) is 61.0. The highest BCUT2D eigenvalue weighted by atomic mass is 31.2. The average molecular weight is 1190 g/mol. The van der Waals surface area contributed by atoms with Crippen molar-refractivity contribution >= 4 is 32.9 Å². The van der Waals surface area contributed by atoms with Crippen molar-refractivity contribution in [3.05, 3.63) is 0 Å². The van der Waals surface area contributed by atoms with Crippen LogP contribution in [0.2, 0.25) is 0 Å². The summed E-state index contributed by atoms with van der Waals surface area (Å²) in [6, 6.07) is 0. The average Bonchev–Trinajstić information content (AvgIpc) is 3.55. The fourth-order valence-corrected chi connectivity index (χ4v) is 30.0. The predicted molar refractivity (Wildman–Crippen MR) is 371 cm³/mol. The first-order valence-electron chi connectivity index (χ1n) is 35.7. The Morgan fingerprint density at radius 2 is 0.316 bits per heavy atom. The molecule has 79 heavy (non-hydrogen) atoms. The van der Waals surface area contributed by atoms with Crippen LogP contribution in [0.5, 0.6) is 0 Å². The Kier molecular flexibility index (Phi) is 55.7. The second-order valence-corrected chi connectivity index (χ2v) is 34.6. The van der Waals surface area contributed by atoms with Gasteiger partial charge in [0.25, 0.3) is 0 Å². The van der Waals surface area contributed by atoms with E-state index in [4.69, 9.17) is 0 Å². The molecular weight excluding hydrogens is 1040 g/mol. The second-order valence-electron chi connectivity index (χ2n) is 24.0. The monoisotopic (exact) mass is 1190 g/mol. The van der Waals surface area contributed by atoms with Crippen LogP contribution in [-0.2, 0) is 0 Å². The smallest absolute Gasteiger partial charge is 0.0772 e. The van der Waals surface area contributed by atoms with E-state index in [1.807, 2.05) is 0 Å². The van der Waals surface area contributed by atoms with Gasteiger partial charge in [-0.05, 0) is 110 Å². The summed E-state index contributed by atoms with van der Waals surface area (Å²) >= 11 is 0. The van der Waals surface area contributed by atoms with E-state index in [1.165, 1.54) is 310 Å². The molecule has 0 unspecified atom stereocenters. The van der Waals surface area contributed by atoms with Crippen molar-refractivity contribution in [1.82, 2.24) is 37.4 Å². The summed E-state index contributed by atoms with van der Waals surface area (Å²) in [6.45, 7) is 63.3. The molecule has 0 radical (unpaired) electrons. The second kappa shape index (κ2) is 54.8. The van der Waals surface area contributed by atoms with Gasteiger partial charge in [-0.3, -0.25) is 37.4 Å². The van der Waals surface area contributed by atoms with E-state index in [2.05, 4.69) is 155 Å². The first-order valence-corrected chi connectivity index (χ1v) is 40.9. The molecule has 8 nitrogen and oxygen atoms in total. The maximum Gasteiger partial charge on any atom is 0.0772 e. The van der Waals surface area contributed by atoms with Crippen LogP contribution in [0.15, 0.2) is 0 Å². The van der Waals surface area contributed by atoms with Gasteiger partial charge in [-0.15, -0.1) is 0 Å². The van der Waals surface area contributed by atoms with Gasteiger partial charge in [-0.1, -0.05) is 214 Å². The van der Waals surface area contributed by atoms with Crippen molar-refractivity contribution < 1.29 is 0 Å². The molecule has 0 N–H and O–H groups in total. The van der Waals surface area contributed by atoms with Crippen LogP contribution in [0.3, 0.4) is 0 Å². The number of unbranched alkanes of at least 4 members (excludes halogenated alkanes) is 16. The Bertz CT molecular complexity index is 1040. The van der Waals surface area contributed by atoms with E-state index < -0.39 is 32.9 Å². The van der Waals surface area contributed by atoms with Gasteiger partial charge < -0.3 is 0 Å². The van der Waals surface area contributed by atoms with Crippen molar-refractivity contribution in [2.24, 2.45) is 0 Å². The quantitative estimate of drug-likeness (QED) is 0.0556. The van der Waals surface area contributed by atoms with Crippen LogP contribution >= 0.6 is 32.9 Å². The van der Waals surface area contributed by atoms with Crippen LogP contribution < -0.4 is 0 Å². The fourth-order valence-electron chi connectivity index (χ4n) is 11.2. The molecule has 0 amide bonds. The molecule has 0 spiro atoms. The van der Waals surface area contributed by atoms with Crippen LogP contribution in [-0.4, -0.2) is 152 Å². The Balaban J connectivity index is 11.3. The van der Waals surface area contributed by atoms with E-state index >= 15 is 0 Å². The lowest BCUT2D eigenvalue weighted by Gasteiger charge is -2.64. The summed E-state index contributed by atoms with van der Waals surface area (Å²) in [7, 11) is -3.18. The number of hydrogen-bond donors (Lipinski definition) is 0. The summed E-state index contributed by atoms with van der Waals surface area (Å²) in [6.07, 6.45) is 41.3. The van der Waals surface area contributed by atoms with E-state index in [0.717, 1.165) is 0 Å². The molecule has 0 aliphatic rings. The maximum atomic E-state index is 3.36. The van der Waals surface area contributed by atoms with Crippen LogP contribution in [0, 0.1) is 0 Å². The molecule has 0 aromatic rings. The molecule has 0 rings (SSSR count). The molecule has 476 valence electrons. The van der Waals surface area contributed by atoms with Gasteiger partial charge in [0, 0.05) is 105 Å². The molecule has 0 fully saturated rings. The third-order valence-electron chi connectivity index (χ3n) is 16.3. The number of rotatable bonds is 61. The van der Waals surface area contributed by atoms with Crippen molar-refractivity contribution in [2.75, 3.05) is 105 Å². The molecule has 0 aromatic carbocycles. The minimum Gasteiger partial charge on any atom is -0.269 e. The summed E-state index contributed by atoms with van der Waals surface area (Å²) < 4.78 is 26.9. The SMILES string of the molecule is CCCCN(CCCC)P(C(P(N(CCCC)CCCC)N(CCCC)CCCC)C(C)(P(N(CCCC)CCCC)N(CCCC)CCCC)P(N(CCCC)CCCC)N(CCCC)CCCC)N(CCCC)CCCC. The van der Waals surface area contributed by atoms with Gasteiger partial charge in [-0.25, -0.2) is 0 Å². The Labute approximate surface area is 505 Å². The first kappa shape index (κ1) is 80.4. The van der Waals surface area contributed by atoms with Gasteiger partial charge in [0.2, 0.25) is 0 Å². The van der Waals surface area contributed by atoms with Crippen LogP contribution in [0.1, 0.15) is 323 Å². The summed E-state index contributed by atoms with van der Waals surface area (Å²) in [5.74, 6) is 0. The van der Waals surface area contributed by atoms with E-state index in [9.17, 15) is 0 Å². The Morgan fingerprint density at radius 3 is 0.430 bits per heavy atom. The zero-order valence-electron chi connectivity index (χ0n) is 57.4. The molecule has 0 bridgehead atoms. The molecule has 0 aliphatic heterocycles. The van der Waals surface area contributed by atoms with Crippen molar-refractivity contribution in [1.29, 1.82) is 0 Å². The number of nitrogens with zero attached hydrogens (tertiary/aromatic N) is 8. The fraction of sp³-hybridized carbons (Fsp3) is 1.00. The van der Waals surface area contributed by atoms with Gasteiger partial charge in [0.05, 0.1) is 43.2 Å². The molecule has 0 aromatic heterocycles. The largest absolute Gasteiger partial charge is 0.269 e. The third kappa shape index (κ3) is 31.2. The van der Waals surface area contributed by atoms with Gasteiger partial charge in [-0.2, -0.15) is 0 Å². The minimum absolute atomic E-state index is 0.00524. The predicted octanol–water partition coefficient (Wildman–Crippen LogP) is 22.5. The highest BCUT2D eigenvalue weighted by Gasteiger charge is 2.63. The lowest BCUT2D eigenvalue weighted by Crippen LogP contribution is -2.55. The van der Waals surface area contributed by atoms with Crippen LogP contribution in [0.25, 0.3) is 0 Å². The van der Waals surface area contributed by atoms with E-state index in [1.54, 1.807) is 0 Å². The normalized spacial score (nSPS) is 13.0. The number of hydrogen-bond acceptors (Lipinski definition) is 8. The summed E-state index contributed by atoms with van der Waals surface area (Å²) in [5, 5.41) is 0.521. The molecule has 0 heterocycles. The molecule has 0 saturated carbocycles. The molecule has 12 heteroatoms. The van der Waals surface area contributed by atoms with Gasteiger partial charge >= 0.3 is 0 Å². The van der Waals surface area contributed by atoms with E-state index in [-0.39, 0.29) is 4.90 Å². The molecule has 0 aliphatic carbocycles. The lowest BCUT2D eigenvalue weighted by atomic mass is 10.3. The molecular formula is C67H148N8P4. The summed E-state index contributed by atoms with van der Waals surface area (Å²) in [4.78, 5) is -0.00524. The van der Waals surface area contributed by atoms with Crippen molar-refractivity contribution in [3.63, 3.8) is 0 Å².